The average Bonchev–Trinajstić information content (AvgIpc) is 2.65. The van der Waals surface area contributed by atoms with Crippen LogP contribution in [0, 0.1) is 20.2 Å². The number of unbranched alkanes of at least 4 members (excludes halogenated alkanes) is 2. The predicted octanol–water partition coefficient (Wildman–Crippen LogP) is 4.93. The zero-order chi connectivity index (χ0) is 60.0. The number of piperazine rings is 2. The van der Waals surface area contributed by atoms with Crippen molar-refractivity contribution in [1.82, 2.24) is 38.7 Å². The number of carbonyl (C=O) groups is 4. The predicted molar refractivity (Wildman–Crippen MR) is 306 cm³/mol. The number of hydrogen-bond acceptors (Lipinski definition) is 15. The molecule has 26 nitrogen and oxygen atoms in total. The summed E-state index contributed by atoms with van der Waals surface area (Å²) in [5.74, 6) is -2.76. The summed E-state index contributed by atoms with van der Waals surface area (Å²) < 4.78 is 69.7. The first-order valence-corrected chi connectivity index (χ1v) is 30.3. The third-order valence-electron chi connectivity index (χ3n) is 15.5. The standard InChI is InChI=1S/C55H66N12O14S2/c1-54(2)42-36-40(50(70)60-30-26-58(27-31-60)48(68)38-62-24-20-56-52(62)66(72)73)16-18-44(42)64(22-10-12-34-82(76,77)78)46(54)14-8-6-5-7-9-15-47-55(3,4)43-37-41(17-19-45(43)65(47)23-11-13-35-83(79,80)81)51(71)61-32-28-59(29-33-61)49(69)39-63-25-21-57-53(63)67(74)75/h5-9,14-21,24-25,36-37H,10-13,22-23,26-35,38-39H2,1-4H3,(H-,76,77,78,79,80,81)/p+1. The van der Waals surface area contributed by atoms with Crippen LogP contribution in [-0.2, 0) is 53.7 Å². The molecule has 4 aromatic rings. The van der Waals surface area contributed by atoms with E-state index in [9.17, 15) is 65.3 Å². The van der Waals surface area contributed by atoms with Crippen molar-refractivity contribution >= 4 is 72.8 Å². The smallest absolute Gasteiger partial charge is 0.390 e. The van der Waals surface area contributed by atoms with E-state index in [4.69, 9.17) is 0 Å². The zero-order valence-electron chi connectivity index (χ0n) is 46.5. The number of anilines is 1. The van der Waals surface area contributed by atoms with E-state index >= 15 is 0 Å². The number of rotatable bonds is 22. The largest absolute Gasteiger partial charge is 0.435 e. The maximum absolute atomic E-state index is 14.0. The zero-order valence-corrected chi connectivity index (χ0v) is 48.2. The monoisotopic (exact) mass is 1180 g/mol. The van der Waals surface area contributed by atoms with E-state index in [1.54, 1.807) is 31.7 Å². The van der Waals surface area contributed by atoms with Gasteiger partial charge in [-0.1, -0.05) is 54.2 Å². The molecule has 6 heterocycles. The van der Waals surface area contributed by atoms with Crippen molar-refractivity contribution in [2.75, 3.05) is 81.9 Å². The number of nitro groups is 2. The molecular weight excluding hydrogens is 1120 g/mol. The number of amides is 4. The van der Waals surface area contributed by atoms with E-state index in [2.05, 4.69) is 19.4 Å². The highest BCUT2D eigenvalue weighted by molar-refractivity contribution is 7.86. The fourth-order valence-electron chi connectivity index (χ4n) is 11.1. The van der Waals surface area contributed by atoms with Gasteiger partial charge in [0.05, 0.1) is 16.9 Å². The third kappa shape index (κ3) is 14.2. The summed E-state index contributed by atoms with van der Waals surface area (Å²) in [4.78, 5) is 91.4. The third-order valence-corrected chi connectivity index (χ3v) is 17.1. The molecule has 83 heavy (non-hydrogen) atoms. The van der Waals surface area contributed by atoms with Gasteiger partial charge in [0.1, 0.15) is 31.3 Å². The molecule has 2 saturated heterocycles. The minimum atomic E-state index is -4.17. The number of imidazole rings is 2. The molecular formula is C55H67N12O14S2+. The van der Waals surface area contributed by atoms with Gasteiger partial charge >= 0.3 is 11.9 Å². The summed E-state index contributed by atoms with van der Waals surface area (Å²) >= 11 is 0. The Balaban J connectivity index is 0.950. The summed E-state index contributed by atoms with van der Waals surface area (Å²) in [6.07, 6.45) is 19.8. The Kier molecular flexibility index (Phi) is 18.4. The van der Waals surface area contributed by atoms with E-state index in [-0.39, 0.29) is 102 Å². The topological polar surface area (TPSA) is 318 Å². The van der Waals surface area contributed by atoms with Crippen LogP contribution in [0.15, 0.2) is 109 Å². The van der Waals surface area contributed by atoms with E-state index in [0.717, 1.165) is 33.9 Å². The van der Waals surface area contributed by atoms with Crippen LogP contribution in [0.3, 0.4) is 0 Å². The maximum atomic E-state index is 14.0. The van der Waals surface area contributed by atoms with E-state index in [1.165, 1.54) is 33.9 Å². The van der Waals surface area contributed by atoms with E-state index in [0.29, 0.717) is 37.1 Å². The van der Waals surface area contributed by atoms with Crippen LogP contribution in [0.5, 0.6) is 0 Å². The Labute approximate surface area is 480 Å². The molecule has 4 amide bonds. The van der Waals surface area contributed by atoms with E-state index < -0.39 is 64.3 Å². The summed E-state index contributed by atoms with van der Waals surface area (Å²) in [5.41, 5.74) is 4.80. The molecule has 4 aliphatic rings. The van der Waals surface area contributed by atoms with Gasteiger partial charge in [0.15, 0.2) is 18.8 Å². The summed E-state index contributed by atoms with van der Waals surface area (Å²) in [6, 6.07) is 11.0. The van der Waals surface area contributed by atoms with Gasteiger partial charge in [-0.2, -0.15) is 21.4 Å². The lowest BCUT2D eigenvalue weighted by molar-refractivity contribution is -0.438. The van der Waals surface area contributed by atoms with Crippen molar-refractivity contribution in [3.8, 4) is 0 Å². The Morgan fingerprint density at radius 2 is 1.10 bits per heavy atom. The Morgan fingerprint density at radius 1 is 0.627 bits per heavy atom. The number of nitrogens with zero attached hydrogens (tertiary/aromatic N) is 12. The fraction of sp³-hybridized carbons (Fsp3) is 0.436. The number of benzene rings is 2. The highest BCUT2D eigenvalue weighted by atomic mass is 32.2. The van der Waals surface area contributed by atoms with Crippen LogP contribution in [0.4, 0.5) is 23.3 Å². The van der Waals surface area contributed by atoms with Crippen molar-refractivity contribution in [2.24, 2.45) is 0 Å². The average molecular weight is 1180 g/mol. The molecule has 8 rings (SSSR count). The number of fused-ring (bicyclic) bond motifs is 2. The van der Waals surface area contributed by atoms with E-state index in [1.807, 2.05) is 94.5 Å². The van der Waals surface area contributed by atoms with Gasteiger partial charge in [0.2, 0.25) is 5.69 Å². The van der Waals surface area contributed by atoms with Crippen molar-refractivity contribution < 1.29 is 59.5 Å². The first-order valence-electron chi connectivity index (χ1n) is 27.0. The maximum Gasteiger partial charge on any atom is 0.435 e. The fourth-order valence-corrected chi connectivity index (χ4v) is 12.2. The molecule has 2 fully saturated rings. The number of allylic oxidation sites excluding steroid dienone is 8. The molecule has 0 saturated carbocycles. The number of aromatic nitrogens is 4. The molecule has 4 aliphatic heterocycles. The Morgan fingerprint density at radius 3 is 1.61 bits per heavy atom. The molecule has 0 radical (unpaired) electrons. The second-order valence-corrected chi connectivity index (χ2v) is 24.8. The summed E-state index contributed by atoms with van der Waals surface area (Å²) in [5, 5.41) is 22.6. The Hall–Kier alpha value is -8.21. The second kappa shape index (κ2) is 25.1. The van der Waals surface area contributed by atoms with Gasteiger partial charge in [0.25, 0.3) is 43.9 Å². The van der Waals surface area contributed by atoms with Crippen LogP contribution in [0.2, 0.25) is 0 Å². The van der Waals surface area contributed by atoms with Crippen molar-refractivity contribution in [1.29, 1.82) is 0 Å². The lowest BCUT2D eigenvalue weighted by atomic mass is 9.80. The lowest BCUT2D eigenvalue weighted by Gasteiger charge is -2.34. The van der Waals surface area contributed by atoms with Crippen LogP contribution >= 0.6 is 0 Å². The first kappa shape index (κ1) is 60.9. The molecule has 0 unspecified atom stereocenters. The van der Waals surface area contributed by atoms with Crippen LogP contribution in [0.25, 0.3) is 0 Å². The summed E-state index contributed by atoms with van der Waals surface area (Å²) in [6.45, 7) is 10.4. The summed E-state index contributed by atoms with van der Waals surface area (Å²) in [7, 11) is -8.34. The van der Waals surface area contributed by atoms with Crippen molar-refractivity contribution in [2.45, 2.75) is 77.3 Å². The highest BCUT2D eigenvalue weighted by Crippen LogP contribution is 2.48. The Bertz CT molecular complexity index is 3580. The molecule has 2 aromatic heterocycles. The molecule has 0 aliphatic carbocycles. The minimum absolute atomic E-state index is 0.214. The van der Waals surface area contributed by atoms with Gasteiger partial charge in [-0.05, 0) is 84.9 Å². The molecule has 2 aromatic carbocycles. The van der Waals surface area contributed by atoms with Gasteiger partial charge in [0, 0.05) is 111 Å². The molecule has 0 atom stereocenters. The molecule has 28 heteroatoms. The lowest BCUT2D eigenvalue weighted by Crippen LogP contribution is -2.51. The van der Waals surface area contributed by atoms with Gasteiger partial charge in [-0.25, -0.2) is 9.13 Å². The molecule has 442 valence electrons. The molecule has 0 spiro atoms. The molecule has 2 N–H and O–H groups in total. The van der Waals surface area contributed by atoms with Crippen LogP contribution in [0.1, 0.15) is 85.2 Å². The van der Waals surface area contributed by atoms with Gasteiger partial charge < -0.3 is 44.7 Å². The van der Waals surface area contributed by atoms with Crippen LogP contribution < -0.4 is 4.90 Å². The first-order chi connectivity index (χ1) is 39.2. The molecule has 0 bridgehead atoms. The highest BCUT2D eigenvalue weighted by Gasteiger charge is 2.45. The van der Waals surface area contributed by atoms with Crippen molar-refractivity contribution in [3.05, 3.63) is 152 Å². The quantitative estimate of drug-likeness (QED) is 0.0263. The number of carbonyl (C=O) groups excluding carboxylic acids is 4. The van der Waals surface area contributed by atoms with Gasteiger partial charge in [-0.15, -0.1) is 0 Å². The van der Waals surface area contributed by atoms with Crippen molar-refractivity contribution in [3.63, 3.8) is 0 Å². The SMILES string of the molecule is CC1(C)C(=CC=CC=CC=CC2=[N+](CCCCS(=O)(=O)O)c3ccc(C(=O)N4CCN(C(=O)Cn5ccnc5[N+](=O)[O-])CC4)cc3C2(C)C)N(CCCCS(=O)(=O)O)c2ccc(C(=O)N3CCN(C(=O)Cn4ccnc4[N+](=O)[O-])CC3)cc21. The normalized spacial score (nSPS) is 17.6. The number of hydrogen-bond donors (Lipinski definition) is 2. The second-order valence-electron chi connectivity index (χ2n) is 21.6. The van der Waals surface area contributed by atoms with Gasteiger partial charge in [-0.3, -0.25) is 28.3 Å². The van der Waals surface area contributed by atoms with Crippen LogP contribution in [-0.4, -0.2) is 185 Å². The minimum Gasteiger partial charge on any atom is -0.390 e.